The number of aliphatic hydroxyl groups is 1. The SMILES string of the molecule is O=[N+]([O-])[C@@]1(CO)[C@@H](OCc2ccccc2)O[C@H](COCc2ccccc2)[C@H](OCc2ccccc2)[C@@H]1OCc1ccccc1. The molecule has 0 aliphatic carbocycles. The summed E-state index contributed by atoms with van der Waals surface area (Å²) in [7, 11) is 0. The molecule has 1 N–H and O–H groups in total. The van der Waals surface area contributed by atoms with Crippen LogP contribution in [0.3, 0.4) is 0 Å². The molecule has 230 valence electrons. The first-order valence-corrected chi connectivity index (χ1v) is 14.6. The Morgan fingerprint density at radius 2 is 1.09 bits per heavy atom. The molecule has 1 saturated heterocycles. The van der Waals surface area contributed by atoms with Crippen molar-refractivity contribution in [1.82, 2.24) is 0 Å². The van der Waals surface area contributed by atoms with Crippen molar-refractivity contribution in [2.24, 2.45) is 0 Å². The van der Waals surface area contributed by atoms with Gasteiger partial charge in [0.1, 0.15) is 18.8 Å². The number of nitrogens with zero attached hydrogens (tertiary/aromatic N) is 1. The standard InChI is InChI=1S/C35H37NO8/c37-26-35(36(38)39)33(42-23-29-17-9-3-10-18-29)32(41-22-28-15-7-2-8-16-28)31(25-40-21-27-13-5-1-6-14-27)44-34(35)43-24-30-19-11-4-12-20-30/h1-20,31-34,37H,21-26H2/t31-,32+,33+,34+,35-/m1/s1. The molecule has 9 heteroatoms. The number of nitro groups is 1. The quantitative estimate of drug-likeness (QED) is 0.144. The summed E-state index contributed by atoms with van der Waals surface area (Å²) < 4.78 is 31.3. The Balaban J connectivity index is 1.48. The Morgan fingerprint density at radius 1 is 0.659 bits per heavy atom. The highest BCUT2D eigenvalue weighted by molar-refractivity contribution is 5.17. The largest absolute Gasteiger partial charge is 0.389 e. The average Bonchev–Trinajstić information content (AvgIpc) is 3.07. The van der Waals surface area contributed by atoms with E-state index in [1.54, 1.807) is 0 Å². The zero-order valence-corrected chi connectivity index (χ0v) is 24.4. The van der Waals surface area contributed by atoms with Crippen LogP contribution in [0.1, 0.15) is 22.3 Å². The first-order valence-electron chi connectivity index (χ1n) is 14.6. The molecule has 1 fully saturated rings. The number of rotatable bonds is 15. The highest BCUT2D eigenvalue weighted by atomic mass is 16.7. The molecule has 0 amide bonds. The molecular weight excluding hydrogens is 562 g/mol. The number of hydrogen-bond acceptors (Lipinski definition) is 8. The lowest BCUT2D eigenvalue weighted by Crippen LogP contribution is -2.73. The summed E-state index contributed by atoms with van der Waals surface area (Å²) in [6.07, 6.45) is -4.52. The zero-order chi connectivity index (χ0) is 30.6. The Hall–Kier alpha value is -3.96. The molecule has 0 bridgehead atoms. The van der Waals surface area contributed by atoms with Crippen molar-refractivity contribution in [3.63, 3.8) is 0 Å². The van der Waals surface area contributed by atoms with Gasteiger partial charge in [0.25, 0.3) is 0 Å². The second-order valence-corrected chi connectivity index (χ2v) is 10.7. The van der Waals surface area contributed by atoms with E-state index in [0.29, 0.717) is 6.61 Å². The summed E-state index contributed by atoms with van der Waals surface area (Å²) in [6.45, 7) is -0.331. The van der Waals surface area contributed by atoms with Gasteiger partial charge < -0.3 is 28.8 Å². The van der Waals surface area contributed by atoms with Gasteiger partial charge in [-0.3, -0.25) is 10.1 Å². The third-order valence-corrected chi connectivity index (χ3v) is 7.65. The first kappa shape index (κ1) is 31.5. The zero-order valence-electron chi connectivity index (χ0n) is 24.4. The molecule has 1 aliphatic heterocycles. The van der Waals surface area contributed by atoms with Crippen molar-refractivity contribution in [1.29, 1.82) is 0 Å². The molecule has 44 heavy (non-hydrogen) atoms. The second-order valence-electron chi connectivity index (χ2n) is 10.7. The predicted octanol–water partition coefficient (Wildman–Crippen LogP) is 5.32. The highest BCUT2D eigenvalue weighted by Crippen LogP contribution is 2.38. The van der Waals surface area contributed by atoms with Crippen molar-refractivity contribution >= 4 is 0 Å². The van der Waals surface area contributed by atoms with Gasteiger partial charge in [-0.2, -0.15) is 0 Å². The van der Waals surface area contributed by atoms with Gasteiger partial charge in [-0.25, -0.2) is 0 Å². The molecule has 4 aromatic carbocycles. The number of hydrogen-bond donors (Lipinski definition) is 1. The third-order valence-electron chi connectivity index (χ3n) is 7.65. The lowest BCUT2D eigenvalue weighted by atomic mass is 9.83. The van der Waals surface area contributed by atoms with Crippen LogP contribution in [0.25, 0.3) is 0 Å². The van der Waals surface area contributed by atoms with Gasteiger partial charge in [0, 0.05) is 4.92 Å². The lowest BCUT2D eigenvalue weighted by Gasteiger charge is -2.47. The van der Waals surface area contributed by atoms with E-state index >= 15 is 0 Å². The van der Waals surface area contributed by atoms with Gasteiger partial charge in [0.2, 0.25) is 6.29 Å². The van der Waals surface area contributed by atoms with Gasteiger partial charge in [0.15, 0.2) is 6.10 Å². The molecule has 1 heterocycles. The molecule has 4 aromatic rings. The van der Waals surface area contributed by atoms with E-state index in [1.807, 2.05) is 121 Å². The van der Waals surface area contributed by atoms with Crippen LogP contribution in [0.15, 0.2) is 121 Å². The van der Waals surface area contributed by atoms with Crippen molar-refractivity contribution in [3.05, 3.63) is 154 Å². The van der Waals surface area contributed by atoms with E-state index in [1.165, 1.54) is 0 Å². The molecule has 0 radical (unpaired) electrons. The molecule has 0 aromatic heterocycles. The smallest absolute Gasteiger partial charge is 0.322 e. The van der Waals surface area contributed by atoms with Crippen LogP contribution in [-0.4, -0.2) is 53.4 Å². The number of ether oxygens (including phenoxy) is 5. The van der Waals surface area contributed by atoms with E-state index in [9.17, 15) is 15.2 Å². The van der Waals surface area contributed by atoms with Gasteiger partial charge >= 0.3 is 5.54 Å². The summed E-state index contributed by atoms with van der Waals surface area (Å²) in [5.41, 5.74) is 1.26. The fourth-order valence-electron chi connectivity index (χ4n) is 5.27. The van der Waals surface area contributed by atoms with Crippen molar-refractivity contribution < 1.29 is 33.7 Å². The normalized spacial score (nSPS) is 23.3. The van der Waals surface area contributed by atoms with Crippen LogP contribution < -0.4 is 0 Å². The fraction of sp³-hybridized carbons (Fsp3) is 0.314. The topological polar surface area (TPSA) is 110 Å². The summed E-state index contributed by atoms with van der Waals surface area (Å²) >= 11 is 0. The maximum Gasteiger partial charge on any atom is 0.322 e. The van der Waals surface area contributed by atoms with E-state index in [-0.39, 0.29) is 26.4 Å². The number of benzene rings is 4. The van der Waals surface area contributed by atoms with E-state index in [4.69, 9.17) is 23.7 Å². The Morgan fingerprint density at radius 3 is 1.55 bits per heavy atom. The summed E-state index contributed by atoms with van der Waals surface area (Å²) in [6, 6.07) is 37.8. The Kier molecular flexibility index (Phi) is 11.2. The van der Waals surface area contributed by atoms with E-state index < -0.39 is 41.7 Å². The van der Waals surface area contributed by atoms with Crippen molar-refractivity contribution in [2.75, 3.05) is 13.2 Å². The highest BCUT2D eigenvalue weighted by Gasteiger charge is 2.67. The van der Waals surface area contributed by atoms with Crippen LogP contribution in [0.4, 0.5) is 0 Å². The Labute approximate surface area is 257 Å². The molecule has 5 atom stereocenters. The minimum Gasteiger partial charge on any atom is -0.389 e. The van der Waals surface area contributed by atoms with Crippen LogP contribution in [0.5, 0.6) is 0 Å². The van der Waals surface area contributed by atoms with Crippen molar-refractivity contribution in [2.45, 2.75) is 56.6 Å². The van der Waals surface area contributed by atoms with E-state index in [2.05, 4.69) is 0 Å². The van der Waals surface area contributed by atoms with E-state index in [0.717, 1.165) is 22.3 Å². The summed E-state index contributed by atoms with van der Waals surface area (Å²) in [5, 5.41) is 23.8. The fourth-order valence-corrected chi connectivity index (χ4v) is 5.27. The maximum absolute atomic E-state index is 13.0. The van der Waals surface area contributed by atoms with Crippen LogP contribution in [0, 0.1) is 10.1 Å². The van der Waals surface area contributed by atoms with Gasteiger partial charge in [-0.15, -0.1) is 0 Å². The third kappa shape index (κ3) is 7.75. The summed E-state index contributed by atoms with van der Waals surface area (Å²) in [5.74, 6) is 0. The number of aliphatic hydroxyl groups excluding tert-OH is 1. The van der Waals surface area contributed by atoms with Gasteiger partial charge in [0.05, 0.1) is 33.0 Å². The first-order chi connectivity index (χ1) is 21.6. The second kappa shape index (κ2) is 15.7. The molecule has 0 spiro atoms. The molecule has 9 nitrogen and oxygen atoms in total. The molecular formula is C35H37NO8. The molecule has 0 saturated carbocycles. The maximum atomic E-state index is 13.0. The minimum absolute atomic E-state index is 0.0274. The van der Waals surface area contributed by atoms with Gasteiger partial charge in [-0.1, -0.05) is 121 Å². The molecule has 0 unspecified atom stereocenters. The predicted molar refractivity (Wildman–Crippen MR) is 163 cm³/mol. The van der Waals surface area contributed by atoms with Crippen molar-refractivity contribution in [3.8, 4) is 0 Å². The lowest BCUT2D eigenvalue weighted by molar-refractivity contribution is -0.629. The molecule has 1 aliphatic rings. The van der Waals surface area contributed by atoms with Crippen LogP contribution in [0.2, 0.25) is 0 Å². The molecule has 5 rings (SSSR count). The van der Waals surface area contributed by atoms with Crippen LogP contribution >= 0.6 is 0 Å². The monoisotopic (exact) mass is 599 g/mol. The average molecular weight is 600 g/mol. The minimum atomic E-state index is -2.19. The Bertz CT molecular complexity index is 1410. The van der Waals surface area contributed by atoms with Crippen LogP contribution in [-0.2, 0) is 50.1 Å². The van der Waals surface area contributed by atoms with Gasteiger partial charge in [-0.05, 0) is 22.3 Å². The summed E-state index contributed by atoms with van der Waals surface area (Å²) in [4.78, 5) is 12.4.